The number of phenolic OH excluding ortho intramolecular Hbond substituents is 1. The van der Waals surface area contributed by atoms with E-state index in [1.165, 1.54) is 22.6 Å². The Morgan fingerprint density at radius 3 is 2.47 bits per heavy atom. The number of benzene rings is 4. The van der Waals surface area contributed by atoms with Crippen LogP contribution >= 0.6 is 0 Å². The molecule has 6 nitrogen and oxygen atoms in total. The molecule has 1 aliphatic rings. The molecule has 0 aliphatic carbocycles. The fourth-order valence-electron chi connectivity index (χ4n) is 4.47. The van der Waals surface area contributed by atoms with Crippen molar-refractivity contribution in [2.75, 3.05) is 4.90 Å². The van der Waals surface area contributed by atoms with E-state index in [1.807, 2.05) is 68.4 Å². The van der Waals surface area contributed by atoms with Gasteiger partial charge in [-0.3, -0.25) is 14.7 Å². The summed E-state index contributed by atoms with van der Waals surface area (Å²) in [5.41, 5.74) is 6.22. The summed E-state index contributed by atoms with van der Waals surface area (Å²) >= 11 is 0. The molecular formula is C30H24N2O4. The van der Waals surface area contributed by atoms with Crippen LogP contribution in [0, 0.1) is 13.8 Å². The highest BCUT2D eigenvalue weighted by Crippen LogP contribution is 2.42. The van der Waals surface area contributed by atoms with E-state index in [2.05, 4.69) is 4.99 Å². The lowest BCUT2D eigenvalue weighted by atomic mass is 9.99. The quantitative estimate of drug-likeness (QED) is 0.320. The third-order valence-corrected chi connectivity index (χ3v) is 6.55. The van der Waals surface area contributed by atoms with E-state index in [0.717, 1.165) is 16.7 Å². The minimum absolute atomic E-state index is 0.0433. The molecule has 36 heavy (non-hydrogen) atoms. The van der Waals surface area contributed by atoms with E-state index in [0.29, 0.717) is 22.6 Å². The molecule has 1 aliphatic heterocycles. The molecule has 0 radical (unpaired) electrons. The van der Waals surface area contributed by atoms with Crippen LogP contribution in [-0.2, 0) is 4.79 Å². The number of carbonyl (C=O) groups is 2. The second-order valence-electron chi connectivity index (χ2n) is 8.82. The minimum atomic E-state index is -1.06. The van der Waals surface area contributed by atoms with E-state index in [-0.39, 0.29) is 17.2 Å². The van der Waals surface area contributed by atoms with Gasteiger partial charge in [0.1, 0.15) is 17.4 Å². The Morgan fingerprint density at radius 1 is 0.917 bits per heavy atom. The van der Waals surface area contributed by atoms with E-state index >= 15 is 0 Å². The highest BCUT2D eigenvalue weighted by Gasteiger charge is 2.37. The lowest BCUT2D eigenvalue weighted by molar-refractivity contribution is -0.117. The fraction of sp³-hybridized carbons (Fsp3) is 0.100. The number of para-hydroxylation sites is 2. The number of rotatable bonds is 5. The summed E-state index contributed by atoms with van der Waals surface area (Å²) in [6.07, 6.45) is 1.54. The summed E-state index contributed by atoms with van der Waals surface area (Å²) < 4.78 is 0. The first-order valence-electron chi connectivity index (χ1n) is 11.5. The van der Waals surface area contributed by atoms with Crippen LogP contribution in [-0.4, -0.2) is 28.3 Å². The van der Waals surface area contributed by atoms with Crippen LogP contribution in [0.25, 0.3) is 11.1 Å². The summed E-state index contributed by atoms with van der Waals surface area (Å²) in [6.45, 7) is 4.07. The van der Waals surface area contributed by atoms with Crippen molar-refractivity contribution >= 4 is 35.2 Å². The maximum absolute atomic E-state index is 13.5. The number of carboxylic acid groups (broad SMARTS) is 1. The number of carboxylic acids is 1. The van der Waals surface area contributed by atoms with Crippen molar-refractivity contribution in [3.05, 3.63) is 107 Å². The van der Waals surface area contributed by atoms with Crippen LogP contribution in [0.2, 0.25) is 0 Å². The van der Waals surface area contributed by atoms with Crippen molar-refractivity contribution in [3.63, 3.8) is 0 Å². The first-order valence-corrected chi connectivity index (χ1v) is 11.5. The van der Waals surface area contributed by atoms with Crippen molar-refractivity contribution in [3.8, 4) is 16.9 Å². The number of aromatic hydroxyl groups is 1. The molecule has 1 atom stereocenters. The van der Waals surface area contributed by atoms with Gasteiger partial charge in [0, 0.05) is 17.5 Å². The van der Waals surface area contributed by atoms with Gasteiger partial charge in [0.25, 0.3) is 0 Å². The van der Waals surface area contributed by atoms with Gasteiger partial charge >= 0.3 is 5.97 Å². The SMILES string of the molecule is Cc1ccc(-c2cccc(N=CC3C(=O)N(c4cccc(C(=O)O)c4)c4ccccc43)c2O)cc1C. The number of aryl methyl sites for hydroxylation is 2. The van der Waals surface area contributed by atoms with Gasteiger partial charge in [0.2, 0.25) is 5.91 Å². The van der Waals surface area contributed by atoms with Gasteiger partial charge in [-0.25, -0.2) is 4.79 Å². The standard InChI is InChI=1S/C30H24N2O4/c1-18-13-14-20(15-19(18)2)23-10-6-11-26(28(23)33)31-17-25-24-9-3-4-12-27(24)32(29(25)34)22-8-5-7-21(16-22)30(35)36/h3-17,25,33H,1-2H3,(H,35,36). The summed E-state index contributed by atoms with van der Waals surface area (Å²) in [5, 5.41) is 20.4. The molecule has 178 valence electrons. The average Bonchev–Trinajstić information content (AvgIpc) is 3.16. The third kappa shape index (κ3) is 4.03. The zero-order valence-corrected chi connectivity index (χ0v) is 19.8. The normalized spacial score (nSPS) is 14.9. The number of anilines is 2. The van der Waals surface area contributed by atoms with Gasteiger partial charge < -0.3 is 10.2 Å². The number of phenols is 1. The molecule has 0 saturated heterocycles. The Bertz CT molecular complexity index is 1540. The molecular weight excluding hydrogens is 452 g/mol. The molecule has 0 fully saturated rings. The van der Waals surface area contributed by atoms with Crippen LogP contribution in [0.1, 0.15) is 33.0 Å². The Hall–Kier alpha value is -4.71. The molecule has 2 N–H and O–H groups in total. The topological polar surface area (TPSA) is 90.2 Å². The second kappa shape index (κ2) is 9.15. The largest absolute Gasteiger partial charge is 0.505 e. The Labute approximate surface area is 208 Å². The maximum atomic E-state index is 13.5. The molecule has 0 spiro atoms. The molecule has 1 heterocycles. The summed E-state index contributed by atoms with van der Waals surface area (Å²) in [4.78, 5) is 31.0. The molecule has 5 rings (SSSR count). The first-order chi connectivity index (χ1) is 17.3. The predicted molar refractivity (Wildman–Crippen MR) is 141 cm³/mol. The molecule has 0 saturated carbocycles. The van der Waals surface area contributed by atoms with Gasteiger partial charge in [0.05, 0.1) is 11.3 Å². The van der Waals surface area contributed by atoms with Crippen LogP contribution in [0.15, 0.2) is 89.9 Å². The molecule has 1 amide bonds. The number of aliphatic imine (C=N–C) groups is 1. The number of fused-ring (bicyclic) bond motifs is 1. The zero-order chi connectivity index (χ0) is 25.4. The van der Waals surface area contributed by atoms with Gasteiger partial charge in [-0.05, 0) is 66.4 Å². The highest BCUT2D eigenvalue weighted by atomic mass is 16.4. The van der Waals surface area contributed by atoms with Crippen LogP contribution < -0.4 is 4.90 Å². The van der Waals surface area contributed by atoms with Gasteiger partial charge in [0.15, 0.2) is 0 Å². The number of hydrogen-bond acceptors (Lipinski definition) is 4. The fourth-order valence-corrected chi connectivity index (χ4v) is 4.47. The van der Waals surface area contributed by atoms with Crippen LogP contribution in [0.3, 0.4) is 0 Å². The van der Waals surface area contributed by atoms with Gasteiger partial charge in [-0.15, -0.1) is 0 Å². The number of amides is 1. The highest BCUT2D eigenvalue weighted by molar-refractivity contribution is 6.18. The first kappa shape index (κ1) is 23.1. The minimum Gasteiger partial charge on any atom is -0.505 e. The van der Waals surface area contributed by atoms with Crippen LogP contribution in [0.5, 0.6) is 5.75 Å². The maximum Gasteiger partial charge on any atom is 0.335 e. The predicted octanol–water partition coefficient (Wildman–Crippen LogP) is 6.54. The van der Waals surface area contributed by atoms with E-state index in [4.69, 9.17) is 0 Å². The Balaban J connectivity index is 1.51. The Morgan fingerprint density at radius 2 is 1.69 bits per heavy atom. The molecule has 6 heteroatoms. The lowest BCUT2D eigenvalue weighted by Gasteiger charge is -2.18. The van der Waals surface area contributed by atoms with E-state index < -0.39 is 11.9 Å². The van der Waals surface area contributed by atoms with Crippen molar-refractivity contribution < 1.29 is 19.8 Å². The monoisotopic (exact) mass is 476 g/mol. The van der Waals surface area contributed by atoms with Crippen molar-refractivity contribution in [1.82, 2.24) is 0 Å². The summed E-state index contributed by atoms with van der Waals surface area (Å²) in [5.74, 6) is -1.94. The molecule has 1 unspecified atom stereocenters. The van der Waals surface area contributed by atoms with E-state index in [9.17, 15) is 19.8 Å². The third-order valence-electron chi connectivity index (χ3n) is 6.55. The number of nitrogens with zero attached hydrogens (tertiary/aromatic N) is 2. The summed E-state index contributed by atoms with van der Waals surface area (Å²) in [7, 11) is 0. The molecule has 0 bridgehead atoms. The molecule has 4 aromatic carbocycles. The summed E-state index contributed by atoms with van der Waals surface area (Å²) in [6, 6.07) is 25.0. The van der Waals surface area contributed by atoms with Gasteiger partial charge in [-0.1, -0.05) is 54.6 Å². The zero-order valence-electron chi connectivity index (χ0n) is 19.8. The van der Waals surface area contributed by atoms with Gasteiger partial charge in [-0.2, -0.15) is 0 Å². The molecule has 4 aromatic rings. The Kier molecular flexibility index (Phi) is 5.86. The second-order valence-corrected chi connectivity index (χ2v) is 8.82. The smallest absolute Gasteiger partial charge is 0.335 e. The molecule has 0 aromatic heterocycles. The average molecular weight is 477 g/mol. The van der Waals surface area contributed by atoms with Crippen LogP contribution in [0.4, 0.5) is 17.1 Å². The number of hydrogen-bond donors (Lipinski definition) is 2. The lowest BCUT2D eigenvalue weighted by Crippen LogP contribution is -2.24. The van der Waals surface area contributed by atoms with Crippen molar-refractivity contribution in [2.24, 2.45) is 4.99 Å². The van der Waals surface area contributed by atoms with Crippen molar-refractivity contribution in [2.45, 2.75) is 19.8 Å². The van der Waals surface area contributed by atoms with E-state index in [1.54, 1.807) is 24.4 Å². The van der Waals surface area contributed by atoms with Crippen molar-refractivity contribution in [1.29, 1.82) is 0 Å². The number of aromatic carboxylic acids is 1. The number of carbonyl (C=O) groups excluding carboxylic acids is 1.